The van der Waals surface area contributed by atoms with Crippen molar-refractivity contribution in [2.75, 3.05) is 13.2 Å². The largest absolute Gasteiger partial charge is 0.380 e. The fraction of sp³-hybridized carbons (Fsp3) is 0.364. The summed E-state index contributed by atoms with van der Waals surface area (Å²) in [6, 6.07) is 3.85. The van der Waals surface area contributed by atoms with Crippen LogP contribution in [-0.2, 0) is 11.3 Å². The van der Waals surface area contributed by atoms with Crippen molar-refractivity contribution >= 4 is 21.4 Å². The van der Waals surface area contributed by atoms with Gasteiger partial charge in [0.2, 0.25) is 0 Å². The predicted octanol–water partition coefficient (Wildman–Crippen LogP) is 2.10. The van der Waals surface area contributed by atoms with Crippen LogP contribution in [0.4, 0.5) is 0 Å². The summed E-state index contributed by atoms with van der Waals surface area (Å²) in [5.74, 6) is 0. The summed E-state index contributed by atoms with van der Waals surface area (Å²) in [5.41, 5.74) is 0.0773. The maximum Gasteiger partial charge on any atom is 0.259 e. The van der Waals surface area contributed by atoms with Crippen LogP contribution in [0.15, 0.2) is 28.5 Å². The number of fused-ring (bicyclic) bond motifs is 1. The van der Waals surface area contributed by atoms with Gasteiger partial charge in [0.25, 0.3) is 5.56 Å². The molecule has 0 radical (unpaired) electrons. The highest BCUT2D eigenvalue weighted by Gasteiger charge is 2.02. The molecule has 15 heavy (non-hydrogen) atoms. The Balaban J connectivity index is 2.28. The Kier molecular flexibility index (Phi) is 3.18. The third-order valence-corrected chi connectivity index (χ3v) is 3.16. The number of aromatic nitrogens is 1. The zero-order valence-electron chi connectivity index (χ0n) is 8.60. The average molecular weight is 223 g/mol. The van der Waals surface area contributed by atoms with E-state index >= 15 is 0 Å². The van der Waals surface area contributed by atoms with Crippen molar-refractivity contribution in [2.45, 2.75) is 13.5 Å². The molecular weight excluding hydrogens is 210 g/mol. The predicted molar refractivity (Wildman–Crippen MR) is 62.6 cm³/mol. The molecule has 0 aliphatic rings. The van der Waals surface area contributed by atoms with E-state index in [1.54, 1.807) is 15.9 Å². The van der Waals surface area contributed by atoms with Gasteiger partial charge in [0, 0.05) is 24.0 Å². The summed E-state index contributed by atoms with van der Waals surface area (Å²) in [4.78, 5) is 11.9. The lowest BCUT2D eigenvalue weighted by Gasteiger charge is -2.05. The molecular formula is C11H13NO2S. The number of thiophene rings is 1. The lowest BCUT2D eigenvalue weighted by Crippen LogP contribution is -2.21. The summed E-state index contributed by atoms with van der Waals surface area (Å²) in [6.07, 6.45) is 1.83. The van der Waals surface area contributed by atoms with Gasteiger partial charge in [0.15, 0.2) is 0 Å². The summed E-state index contributed by atoms with van der Waals surface area (Å²) in [7, 11) is 0. The van der Waals surface area contributed by atoms with E-state index in [9.17, 15) is 4.79 Å². The van der Waals surface area contributed by atoms with E-state index in [1.807, 2.05) is 30.6 Å². The quantitative estimate of drug-likeness (QED) is 0.743. The van der Waals surface area contributed by atoms with Gasteiger partial charge in [-0.15, -0.1) is 11.3 Å². The van der Waals surface area contributed by atoms with Crippen LogP contribution in [0, 0.1) is 0 Å². The van der Waals surface area contributed by atoms with E-state index < -0.39 is 0 Å². The van der Waals surface area contributed by atoms with Crippen LogP contribution in [0.3, 0.4) is 0 Å². The van der Waals surface area contributed by atoms with Crippen LogP contribution in [-0.4, -0.2) is 17.8 Å². The van der Waals surface area contributed by atoms with Gasteiger partial charge >= 0.3 is 0 Å². The molecule has 2 heterocycles. The van der Waals surface area contributed by atoms with Crippen molar-refractivity contribution in [1.82, 2.24) is 4.57 Å². The molecule has 0 saturated heterocycles. The minimum Gasteiger partial charge on any atom is -0.380 e. The molecule has 0 N–H and O–H groups in total. The molecule has 3 nitrogen and oxygen atoms in total. The second kappa shape index (κ2) is 4.59. The first kappa shape index (κ1) is 10.4. The molecule has 4 heteroatoms. The van der Waals surface area contributed by atoms with E-state index in [0.717, 1.165) is 10.1 Å². The molecule has 0 aromatic carbocycles. The molecule has 0 saturated carbocycles. The lowest BCUT2D eigenvalue weighted by molar-refractivity contribution is 0.138. The third-order valence-electron chi connectivity index (χ3n) is 2.27. The normalized spacial score (nSPS) is 11.0. The highest BCUT2D eigenvalue weighted by molar-refractivity contribution is 7.17. The SMILES string of the molecule is CCOCCn1ccc2sccc2c1=O. The number of hydrogen-bond acceptors (Lipinski definition) is 3. The van der Waals surface area contributed by atoms with Gasteiger partial charge in [-0.1, -0.05) is 0 Å². The summed E-state index contributed by atoms with van der Waals surface area (Å²) < 4.78 is 7.98. The molecule has 2 aromatic rings. The van der Waals surface area contributed by atoms with Crippen LogP contribution >= 0.6 is 11.3 Å². The first-order valence-corrected chi connectivity index (χ1v) is 5.85. The Morgan fingerprint density at radius 2 is 2.33 bits per heavy atom. The molecule has 0 bridgehead atoms. The number of pyridine rings is 1. The molecule has 0 fully saturated rings. The van der Waals surface area contributed by atoms with Crippen molar-refractivity contribution in [1.29, 1.82) is 0 Å². The molecule has 0 spiro atoms. The van der Waals surface area contributed by atoms with Gasteiger partial charge in [-0.05, 0) is 24.4 Å². The summed E-state index contributed by atoms with van der Waals surface area (Å²) in [6.45, 7) is 3.85. The smallest absolute Gasteiger partial charge is 0.259 e. The van der Waals surface area contributed by atoms with E-state index in [1.165, 1.54) is 0 Å². The minimum atomic E-state index is 0.0773. The second-order valence-corrected chi connectivity index (χ2v) is 4.16. The van der Waals surface area contributed by atoms with Crippen LogP contribution in [0.2, 0.25) is 0 Å². The lowest BCUT2D eigenvalue weighted by atomic mass is 10.3. The van der Waals surface area contributed by atoms with Crippen molar-refractivity contribution in [3.05, 3.63) is 34.1 Å². The van der Waals surface area contributed by atoms with Crippen LogP contribution in [0.25, 0.3) is 10.1 Å². The highest BCUT2D eigenvalue weighted by Crippen LogP contribution is 2.15. The van der Waals surface area contributed by atoms with Gasteiger partial charge in [-0.2, -0.15) is 0 Å². The van der Waals surface area contributed by atoms with Crippen LogP contribution in [0.5, 0.6) is 0 Å². The molecule has 0 aliphatic carbocycles. The van der Waals surface area contributed by atoms with Crippen LogP contribution < -0.4 is 5.56 Å². The Hall–Kier alpha value is -1.13. The molecule has 0 aliphatic heterocycles. The van der Waals surface area contributed by atoms with Crippen molar-refractivity contribution in [3.63, 3.8) is 0 Å². The maximum atomic E-state index is 11.9. The van der Waals surface area contributed by atoms with Crippen LogP contribution in [0.1, 0.15) is 6.92 Å². The standard InChI is InChI=1S/C11H13NO2S/c1-2-14-7-6-12-5-3-10-9(11(12)13)4-8-15-10/h3-5,8H,2,6-7H2,1H3. The average Bonchev–Trinajstić information content (AvgIpc) is 2.70. The Morgan fingerprint density at radius 3 is 3.13 bits per heavy atom. The van der Waals surface area contributed by atoms with E-state index in [-0.39, 0.29) is 5.56 Å². The third kappa shape index (κ3) is 2.11. The monoisotopic (exact) mass is 223 g/mol. The fourth-order valence-electron chi connectivity index (χ4n) is 1.49. The summed E-state index contributed by atoms with van der Waals surface area (Å²) >= 11 is 1.59. The Bertz CT molecular complexity index is 501. The van der Waals surface area contributed by atoms with E-state index in [0.29, 0.717) is 19.8 Å². The zero-order chi connectivity index (χ0) is 10.7. The number of rotatable bonds is 4. The Labute approximate surface area is 91.9 Å². The fourth-order valence-corrected chi connectivity index (χ4v) is 2.26. The van der Waals surface area contributed by atoms with E-state index in [4.69, 9.17) is 4.74 Å². The second-order valence-electron chi connectivity index (χ2n) is 3.21. The topological polar surface area (TPSA) is 31.2 Å². The first-order valence-electron chi connectivity index (χ1n) is 4.97. The van der Waals surface area contributed by atoms with Gasteiger partial charge < -0.3 is 9.30 Å². The minimum absolute atomic E-state index is 0.0773. The molecule has 0 amide bonds. The van der Waals surface area contributed by atoms with Gasteiger partial charge in [-0.25, -0.2) is 0 Å². The van der Waals surface area contributed by atoms with Gasteiger partial charge in [0.05, 0.1) is 12.0 Å². The maximum absolute atomic E-state index is 11.9. The van der Waals surface area contributed by atoms with Crippen molar-refractivity contribution in [3.8, 4) is 0 Å². The zero-order valence-corrected chi connectivity index (χ0v) is 9.42. The first-order chi connectivity index (χ1) is 7.33. The van der Waals surface area contributed by atoms with Crippen molar-refractivity contribution in [2.24, 2.45) is 0 Å². The number of hydrogen-bond donors (Lipinski definition) is 0. The molecule has 80 valence electrons. The molecule has 0 unspecified atom stereocenters. The highest BCUT2D eigenvalue weighted by atomic mass is 32.1. The molecule has 2 rings (SSSR count). The molecule has 2 aromatic heterocycles. The van der Waals surface area contributed by atoms with Gasteiger partial charge in [-0.3, -0.25) is 4.79 Å². The van der Waals surface area contributed by atoms with E-state index in [2.05, 4.69) is 0 Å². The summed E-state index contributed by atoms with van der Waals surface area (Å²) in [5, 5.41) is 2.75. The molecule has 0 atom stereocenters. The van der Waals surface area contributed by atoms with Crippen molar-refractivity contribution < 1.29 is 4.74 Å². The number of ether oxygens (including phenoxy) is 1. The van der Waals surface area contributed by atoms with Gasteiger partial charge in [0.1, 0.15) is 0 Å². The Morgan fingerprint density at radius 1 is 1.47 bits per heavy atom. The number of nitrogens with zero attached hydrogens (tertiary/aromatic N) is 1.